The molecule has 1 aliphatic heterocycles. The van der Waals surface area contributed by atoms with E-state index in [0.29, 0.717) is 31.8 Å². The number of rotatable bonds is 8. The van der Waals surface area contributed by atoms with Gasteiger partial charge in [-0.25, -0.2) is 4.79 Å². The van der Waals surface area contributed by atoms with E-state index in [0.717, 1.165) is 5.56 Å². The molecule has 2 atom stereocenters. The third kappa shape index (κ3) is 5.44. The highest BCUT2D eigenvalue weighted by Crippen LogP contribution is 2.28. The van der Waals surface area contributed by atoms with Crippen LogP contribution in [0.15, 0.2) is 42.5 Å². The zero-order chi connectivity index (χ0) is 17.6. The topological polar surface area (TPSA) is 54.0 Å². The molecule has 1 fully saturated rings. The molecule has 0 unspecified atom stereocenters. The summed E-state index contributed by atoms with van der Waals surface area (Å²) in [5.74, 6) is -1.05. The summed E-state index contributed by atoms with van der Waals surface area (Å²) in [7, 11) is 0. The van der Waals surface area contributed by atoms with Crippen LogP contribution in [-0.2, 0) is 30.3 Å². The Labute approximate surface area is 143 Å². The normalized spacial score (nSPS) is 20.5. The lowest BCUT2D eigenvalue weighted by Gasteiger charge is -2.25. The van der Waals surface area contributed by atoms with E-state index in [1.165, 1.54) is 0 Å². The largest absolute Gasteiger partial charge is 0.463 e. The minimum atomic E-state index is -0.649. The first-order valence-corrected chi connectivity index (χ1v) is 8.23. The summed E-state index contributed by atoms with van der Waals surface area (Å²) in [6.07, 6.45) is -0.241. The number of esters is 1. The minimum Gasteiger partial charge on any atom is -0.463 e. The number of carbonyl (C=O) groups excluding carboxylic acids is 1. The van der Waals surface area contributed by atoms with Crippen molar-refractivity contribution in [2.75, 3.05) is 13.2 Å². The fourth-order valence-corrected chi connectivity index (χ4v) is 2.53. The number of carbonyl (C=O) groups is 1. The maximum atomic E-state index is 11.8. The van der Waals surface area contributed by atoms with Crippen LogP contribution in [0.4, 0.5) is 0 Å². The molecule has 5 heteroatoms. The second-order valence-corrected chi connectivity index (χ2v) is 6.23. The fourth-order valence-electron chi connectivity index (χ4n) is 2.53. The van der Waals surface area contributed by atoms with Crippen molar-refractivity contribution in [1.29, 1.82) is 0 Å². The second-order valence-electron chi connectivity index (χ2n) is 6.23. The summed E-state index contributed by atoms with van der Waals surface area (Å²) in [5, 5.41) is 0. The van der Waals surface area contributed by atoms with Crippen molar-refractivity contribution in [3.05, 3.63) is 48.0 Å². The van der Waals surface area contributed by atoms with E-state index >= 15 is 0 Å². The second kappa shape index (κ2) is 8.42. The number of hydrogen-bond acceptors (Lipinski definition) is 5. The van der Waals surface area contributed by atoms with Crippen LogP contribution in [-0.4, -0.2) is 37.2 Å². The molecule has 0 bridgehead atoms. The summed E-state index contributed by atoms with van der Waals surface area (Å²) in [5.41, 5.74) is 1.44. The van der Waals surface area contributed by atoms with Crippen LogP contribution in [0.1, 0.15) is 32.8 Å². The van der Waals surface area contributed by atoms with Gasteiger partial charge in [-0.1, -0.05) is 36.9 Å². The molecule has 2 rings (SSSR count). The standard InChI is InChI=1S/C19H26O5/c1-5-21-18(20)14(2)11-16(17-13-23-19(3,4)24-17)22-12-15-9-7-6-8-10-15/h6-10,16-17H,2,5,11-13H2,1,3-4H3/t16-,17+/m0/s1. The first-order chi connectivity index (χ1) is 11.4. The molecule has 0 radical (unpaired) electrons. The molecule has 132 valence electrons. The molecule has 0 aromatic heterocycles. The lowest BCUT2D eigenvalue weighted by atomic mass is 10.1. The van der Waals surface area contributed by atoms with Gasteiger partial charge in [0.1, 0.15) is 6.10 Å². The van der Waals surface area contributed by atoms with Gasteiger partial charge in [0.05, 0.1) is 25.9 Å². The van der Waals surface area contributed by atoms with E-state index in [2.05, 4.69) is 6.58 Å². The van der Waals surface area contributed by atoms with E-state index in [9.17, 15) is 4.79 Å². The SMILES string of the molecule is C=C(C[C@H](OCc1ccccc1)[C@H]1COC(C)(C)O1)C(=O)OCC. The van der Waals surface area contributed by atoms with Crippen molar-refractivity contribution in [2.45, 2.75) is 51.8 Å². The lowest BCUT2D eigenvalue weighted by molar-refractivity contribution is -0.158. The molecule has 0 aliphatic carbocycles. The van der Waals surface area contributed by atoms with Crippen molar-refractivity contribution < 1.29 is 23.7 Å². The number of ether oxygens (including phenoxy) is 4. The molecule has 1 aromatic carbocycles. The van der Waals surface area contributed by atoms with E-state index in [-0.39, 0.29) is 12.2 Å². The molecule has 5 nitrogen and oxygen atoms in total. The highest BCUT2D eigenvalue weighted by molar-refractivity contribution is 5.87. The van der Waals surface area contributed by atoms with Crippen molar-refractivity contribution >= 4 is 5.97 Å². The van der Waals surface area contributed by atoms with E-state index in [1.807, 2.05) is 44.2 Å². The van der Waals surface area contributed by atoms with E-state index in [4.69, 9.17) is 18.9 Å². The Morgan fingerprint density at radius 1 is 1.38 bits per heavy atom. The van der Waals surface area contributed by atoms with Crippen molar-refractivity contribution in [2.24, 2.45) is 0 Å². The third-order valence-electron chi connectivity index (χ3n) is 3.76. The zero-order valence-electron chi connectivity index (χ0n) is 14.6. The maximum absolute atomic E-state index is 11.8. The molecular formula is C19H26O5. The Morgan fingerprint density at radius 3 is 2.67 bits per heavy atom. The lowest BCUT2D eigenvalue weighted by Crippen LogP contribution is -2.34. The van der Waals surface area contributed by atoms with E-state index in [1.54, 1.807) is 6.92 Å². The van der Waals surface area contributed by atoms with Gasteiger partial charge < -0.3 is 18.9 Å². The molecule has 0 saturated carbocycles. The van der Waals surface area contributed by atoms with Gasteiger partial charge in [0, 0.05) is 12.0 Å². The Morgan fingerprint density at radius 2 is 2.08 bits per heavy atom. The highest BCUT2D eigenvalue weighted by Gasteiger charge is 2.38. The number of hydrogen-bond donors (Lipinski definition) is 0. The smallest absolute Gasteiger partial charge is 0.333 e. The summed E-state index contributed by atoms with van der Waals surface area (Å²) < 4.78 is 22.6. The average Bonchev–Trinajstić information content (AvgIpc) is 2.92. The van der Waals surface area contributed by atoms with Crippen LogP contribution in [0.3, 0.4) is 0 Å². The monoisotopic (exact) mass is 334 g/mol. The Kier molecular flexibility index (Phi) is 6.54. The fraction of sp³-hybridized carbons (Fsp3) is 0.526. The summed E-state index contributed by atoms with van der Waals surface area (Å²) in [6, 6.07) is 9.87. The molecule has 1 heterocycles. The molecule has 0 spiro atoms. The molecular weight excluding hydrogens is 308 g/mol. The van der Waals surface area contributed by atoms with Gasteiger partial charge >= 0.3 is 5.97 Å². The first kappa shape index (κ1) is 18.6. The van der Waals surface area contributed by atoms with Crippen LogP contribution in [0.5, 0.6) is 0 Å². The van der Waals surface area contributed by atoms with Gasteiger partial charge in [0.15, 0.2) is 5.79 Å². The molecule has 24 heavy (non-hydrogen) atoms. The summed E-state index contributed by atoms with van der Waals surface area (Å²) in [6.45, 7) is 10.5. The third-order valence-corrected chi connectivity index (χ3v) is 3.76. The van der Waals surface area contributed by atoms with Crippen LogP contribution >= 0.6 is 0 Å². The minimum absolute atomic E-state index is 0.255. The van der Waals surface area contributed by atoms with Crippen LogP contribution in [0, 0.1) is 0 Å². The van der Waals surface area contributed by atoms with E-state index < -0.39 is 11.8 Å². The predicted molar refractivity (Wildman–Crippen MR) is 90.3 cm³/mol. The molecule has 1 saturated heterocycles. The van der Waals surface area contributed by atoms with Gasteiger partial charge in [-0.2, -0.15) is 0 Å². The molecule has 1 aliphatic rings. The Hall–Kier alpha value is -1.69. The quantitative estimate of drug-likeness (QED) is 0.540. The van der Waals surface area contributed by atoms with Gasteiger partial charge in [-0.3, -0.25) is 0 Å². The van der Waals surface area contributed by atoms with Gasteiger partial charge in [-0.05, 0) is 26.3 Å². The Bertz CT molecular complexity index is 552. The van der Waals surface area contributed by atoms with Crippen LogP contribution < -0.4 is 0 Å². The Balaban J connectivity index is 2.01. The molecule has 0 N–H and O–H groups in total. The van der Waals surface area contributed by atoms with Gasteiger partial charge in [0.2, 0.25) is 0 Å². The number of benzene rings is 1. The van der Waals surface area contributed by atoms with Crippen molar-refractivity contribution in [3.63, 3.8) is 0 Å². The maximum Gasteiger partial charge on any atom is 0.333 e. The summed E-state index contributed by atoms with van der Waals surface area (Å²) >= 11 is 0. The van der Waals surface area contributed by atoms with Crippen LogP contribution in [0.2, 0.25) is 0 Å². The average molecular weight is 334 g/mol. The zero-order valence-corrected chi connectivity index (χ0v) is 14.6. The molecule has 1 aromatic rings. The summed E-state index contributed by atoms with van der Waals surface area (Å²) in [4.78, 5) is 11.8. The first-order valence-electron chi connectivity index (χ1n) is 8.23. The van der Waals surface area contributed by atoms with Gasteiger partial charge in [-0.15, -0.1) is 0 Å². The van der Waals surface area contributed by atoms with Crippen LogP contribution in [0.25, 0.3) is 0 Å². The molecule has 0 amide bonds. The van der Waals surface area contributed by atoms with Gasteiger partial charge in [0.25, 0.3) is 0 Å². The highest BCUT2D eigenvalue weighted by atomic mass is 16.7. The van der Waals surface area contributed by atoms with Crippen molar-refractivity contribution in [3.8, 4) is 0 Å². The van der Waals surface area contributed by atoms with Crippen molar-refractivity contribution in [1.82, 2.24) is 0 Å². The predicted octanol–water partition coefficient (Wildman–Crippen LogP) is 3.23.